The Morgan fingerprint density at radius 3 is 2.27 bits per heavy atom. The smallest absolute Gasteiger partial charge is 0.416 e. The summed E-state index contributed by atoms with van der Waals surface area (Å²) in [4.78, 5) is 38.3. The topological polar surface area (TPSA) is 87.7 Å². The molecule has 1 N–H and O–H groups in total. The molecular weight excluding hydrogens is 590 g/mol. The largest absolute Gasteiger partial charge is 0.444 e. The van der Waals surface area contributed by atoms with Gasteiger partial charge in [-0.2, -0.15) is 13.2 Å². The van der Waals surface area contributed by atoms with E-state index in [1.807, 2.05) is 32.6 Å². The van der Waals surface area contributed by atoms with Crippen LogP contribution in [0.1, 0.15) is 91.7 Å². The van der Waals surface area contributed by atoms with Crippen LogP contribution >= 0.6 is 0 Å². The van der Waals surface area contributed by atoms with Crippen molar-refractivity contribution in [1.82, 2.24) is 14.9 Å². The molecule has 0 aromatic carbocycles. The highest BCUT2D eigenvalue weighted by atomic mass is 19.4. The number of halogens is 4. The Morgan fingerprint density at radius 2 is 1.73 bits per heavy atom. The van der Waals surface area contributed by atoms with Gasteiger partial charge in [-0.25, -0.2) is 14.8 Å². The van der Waals surface area contributed by atoms with Crippen LogP contribution in [0.5, 0.6) is 0 Å². The fourth-order valence-corrected chi connectivity index (χ4v) is 5.24. The van der Waals surface area contributed by atoms with Crippen molar-refractivity contribution in [2.75, 3.05) is 36.5 Å². The Kier molecular flexibility index (Phi) is 11.8. The Morgan fingerprint density at radius 1 is 1.09 bits per heavy atom. The summed E-state index contributed by atoms with van der Waals surface area (Å²) in [7, 11) is 0. The molecule has 45 heavy (non-hydrogen) atoms. The van der Waals surface area contributed by atoms with Gasteiger partial charge in [0.25, 0.3) is 0 Å². The minimum atomic E-state index is -4.60. The van der Waals surface area contributed by atoms with Crippen molar-refractivity contribution in [2.45, 2.75) is 98.4 Å². The Bertz CT molecular complexity index is 1320. The van der Waals surface area contributed by atoms with Gasteiger partial charge in [-0.1, -0.05) is 27.7 Å². The van der Waals surface area contributed by atoms with E-state index >= 15 is 0 Å². The molecule has 0 spiro atoms. The van der Waals surface area contributed by atoms with E-state index in [1.54, 1.807) is 31.7 Å². The van der Waals surface area contributed by atoms with Gasteiger partial charge in [-0.3, -0.25) is 9.18 Å². The fraction of sp³-hybridized carbons (Fsp3) is 0.636. The lowest BCUT2D eigenvalue weighted by Gasteiger charge is -2.42. The molecule has 4 rings (SSSR count). The van der Waals surface area contributed by atoms with E-state index in [4.69, 9.17) is 9.72 Å². The molecule has 1 saturated carbocycles. The molecule has 1 aliphatic heterocycles. The van der Waals surface area contributed by atoms with E-state index in [0.717, 1.165) is 25.0 Å². The van der Waals surface area contributed by atoms with Gasteiger partial charge in [0.15, 0.2) is 0 Å². The van der Waals surface area contributed by atoms with Crippen LogP contribution < -0.4 is 10.2 Å². The Labute approximate surface area is 263 Å². The summed E-state index contributed by atoms with van der Waals surface area (Å²) in [6.07, 6.45) is -1.01. The highest BCUT2D eigenvalue weighted by Crippen LogP contribution is 2.42. The molecule has 0 bridgehead atoms. The summed E-state index contributed by atoms with van der Waals surface area (Å²) in [5.74, 6) is 0.207. The summed E-state index contributed by atoms with van der Waals surface area (Å²) < 4.78 is 58.7. The molecule has 2 aliphatic rings. The minimum absolute atomic E-state index is 0.155. The van der Waals surface area contributed by atoms with Crippen molar-refractivity contribution < 1.29 is 31.9 Å². The quantitative estimate of drug-likeness (QED) is 0.309. The van der Waals surface area contributed by atoms with Crippen molar-refractivity contribution in [2.24, 2.45) is 11.8 Å². The summed E-state index contributed by atoms with van der Waals surface area (Å²) in [6, 6.07) is 3.64. The van der Waals surface area contributed by atoms with Crippen LogP contribution in [-0.2, 0) is 15.7 Å². The lowest BCUT2D eigenvalue weighted by Crippen LogP contribution is -2.56. The number of carbonyl (C=O) groups is 2. The Balaban J connectivity index is 0.00000177. The molecule has 2 amide bonds. The normalized spacial score (nSPS) is 17.8. The van der Waals surface area contributed by atoms with Gasteiger partial charge in [0.1, 0.15) is 17.2 Å². The van der Waals surface area contributed by atoms with Gasteiger partial charge in [0.2, 0.25) is 5.91 Å². The van der Waals surface area contributed by atoms with E-state index in [9.17, 15) is 27.2 Å². The monoisotopic (exact) mass is 637 g/mol. The maximum absolute atomic E-state index is 14.3. The van der Waals surface area contributed by atoms with Crippen LogP contribution in [0, 0.1) is 11.8 Å². The number of hydrogen-bond donors (Lipinski definition) is 1. The van der Waals surface area contributed by atoms with Crippen LogP contribution in [0.4, 0.5) is 34.0 Å². The second-order valence-corrected chi connectivity index (χ2v) is 13.0. The van der Waals surface area contributed by atoms with E-state index in [2.05, 4.69) is 10.3 Å². The maximum atomic E-state index is 14.3. The van der Waals surface area contributed by atoms with Crippen LogP contribution in [0.15, 0.2) is 24.4 Å². The van der Waals surface area contributed by atoms with E-state index in [0.29, 0.717) is 43.0 Å². The predicted molar refractivity (Wildman–Crippen MR) is 168 cm³/mol. The van der Waals surface area contributed by atoms with Crippen molar-refractivity contribution in [3.63, 3.8) is 0 Å². The zero-order valence-electron chi connectivity index (χ0n) is 27.6. The van der Waals surface area contributed by atoms with Crippen molar-refractivity contribution in [1.29, 1.82) is 0 Å². The number of anilines is 2. The zero-order valence-corrected chi connectivity index (χ0v) is 27.6. The van der Waals surface area contributed by atoms with E-state index < -0.39 is 23.4 Å². The first kappa shape index (κ1) is 36.0. The van der Waals surface area contributed by atoms with Gasteiger partial charge in [-0.05, 0) is 77.0 Å². The zero-order chi connectivity index (χ0) is 33.7. The van der Waals surface area contributed by atoms with Crippen LogP contribution in [0.3, 0.4) is 0 Å². The molecule has 3 heterocycles. The second kappa shape index (κ2) is 14.8. The molecule has 2 unspecified atom stereocenters. The van der Waals surface area contributed by atoms with Crippen molar-refractivity contribution in [3.8, 4) is 11.3 Å². The lowest BCUT2D eigenvalue weighted by atomic mass is 9.94. The molecule has 2 atom stereocenters. The summed E-state index contributed by atoms with van der Waals surface area (Å²) in [5.41, 5.74) is -0.174. The van der Waals surface area contributed by atoms with Crippen LogP contribution in [-0.4, -0.2) is 64.8 Å². The van der Waals surface area contributed by atoms with E-state index in [-0.39, 0.29) is 47.9 Å². The number of hydrogen-bond acceptors (Lipinski definition) is 6. The standard InChI is InChI=1S/C31H42F3N5O3.C2H5F/c1-8-19(4)28(40)37-27-26(18(2)3)22(11-12-35-27)23-15-21(31(32,33)34)16-25(36-23)39-14-13-38(17-24(39)20-9-10-20)29(41)42-30(5,6)7;1-2-3/h11-12,15-16,18-20,24H,8-10,13-14,17H2,1-7H3,(H,35,37,40);2H2,1H3. The lowest BCUT2D eigenvalue weighted by molar-refractivity contribution is -0.137. The molecule has 2 fully saturated rings. The average molecular weight is 638 g/mol. The van der Waals surface area contributed by atoms with Gasteiger partial charge < -0.3 is 19.9 Å². The number of carbonyl (C=O) groups excluding carboxylic acids is 2. The molecule has 2 aromatic rings. The van der Waals surface area contributed by atoms with Crippen molar-refractivity contribution >= 4 is 23.6 Å². The fourth-order valence-electron chi connectivity index (χ4n) is 5.24. The first-order valence-electron chi connectivity index (χ1n) is 15.7. The third-order valence-corrected chi connectivity index (χ3v) is 7.81. The van der Waals surface area contributed by atoms with Crippen LogP contribution in [0.25, 0.3) is 11.3 Å². The highest BCUT2D eigenvalue weighted by Gasteiger charge is 2.42. The second-order valence-electron chi connectivity index (χ2n) is 13.0. The molecular formula is C33H47F4N5O3. The summed E-state index contributed by atoms with van der Waals surface area (Å²) in [5, 5.41) is 2.88. The van der Waals surface area contributed by atoms with Gasteiger partial charge in [0.05, 0.1) is 24.0 Å². The summed E-state index contributed by atoms with van der Waals surface area (Å²) >= 11 is 0. The molecule has 1 saturated heterocycles. The van der Waals surface area contributed by atoms with Gasteiger partial charge in [0, 0.05) is 42.9 Å². The number of amides is 2. The highest BCUT2D eigenvalue weighted by molar-refractivity contribution is 5.93. The average Bonchev–Trinajstić information content (AvgIpc) is 3.80. The van der Waals surface area contributed by atoms with Crippen LogP contribution in [0.2, 0.25) is 0 Å². The molecule has 250 valence electrons. The molecule has 0 radical (unpaired) electrons. The number of rotatable bonds is 7. The molecule has 2 aromatic heterocycles. The number of pyridine rings is 2. The number of piperazine rings is 1. The first-order chi connectivity index (χ1) is 21.0. The first-order valence-corrected chi connectivity index (χ1v) is 15.7. The maximum Gasteiger partial charge on any atom is 0.416 e. The third-order valence-electron chi connectivity index (χ3n) is 7.81. The van der Waals surface area contributed by atoms with Gasteiger partial charge in [-0.15, -0.1) is 0 Å². The predicted octanol–water partition coefficient (Wildman–Crippen LogP) is 8.08. The number of aromatic nitrogens is 2. The molecule has 8 nitrogen and oxygen atoms in total. The SMILES string of the molecule is CCC(C)C(=O)Nc1nccc(-c2cc(C(F)(F)F)cc(N3CCN(C(=O)OC(C)(C)C)CC3C3CC3)n2)c1C(C)C.CCF. The third kappa shape index (κ3) is 9.53. The van der Waals surface area contributed by atoms with Crippen molar-refractivity contribution in [3.05, 3.63) is 35.5 Å². The number of ether oxygens (including phenoxy) is 1. The van der Waals surface area contributed by atoms with Gasteiger partial charge >= 0.3 is 12.3 Å². The molecule has 12 heteroatoms. The Hall–Kier alpha value is -3.44. The molecule has 1 aliphatic carbocycles. The minimum Gasteiger partial charge on any atom is -0.444 e. The summed E-state index contributed by atoms with van der Waals surface area (Å²) in [6.45, 7) is 15.2. The van der Waals surface area contributed by atoms with E-state index in [1.165, 1.54) is 13.1 Å². The number of nitrogens with one attached hydrogen (secondary N) is 1. The number of nitrogens with zero attached hydrogens (tertiary/aromatic N) is 4. The number of alkyl halides is 4.